The summed E-state index contributed by atoms with van der Waals surface area (Å²) in [6.07, 6.45) is 9.42. The van der Waals surface area contributed by atoms with E-state index >= 15 is 0 Å². The van der Waals surface area contributed by atoms with Crippen molar-refractivity contribution in [1.29, 1.82) is 0 Å². The van der Waals surface area contributed by atoms with E-state index in [0.717, 1.165) is 31.0 Å². The van der Waals surface area contributed by atoms with Crippen LogP contribution < -0.4 is 10.6 Å². The van der Waals surface area contributed by atoms with Crippen LogP contribution >= 0.6 is 11.3 Å². The van der Waals surface area contributed by atoms with Gasteiger partial charge in [-0.2, -0.15) is 0 Å². The van der Waals surface area contributed by atoms with Gasteiger partial charge in [-0.1, -0.05) is 12.8 Å². The summed E-state index contributed by atoms with van der Waals surface area (Å²) in [6.45, 7) is 4.40. The van der Waals surface area contributed by atoms with Crippen molar-refractivity contribution >= 4 is 11.3 Å². The first-order chi connectivity index (χ1) is 9.83. The maximum atomic E-state index is 4.56. The van der Waals surface area contributed by atoms with Gasteiger partial charge in [-0.25, -0.2) is 4.98 Å². The molecule has 2 aliphatic rings. The standard InChI is InChI=1S/C16H27N3S/c1-12-19-13(11-20-12)8-10-18-15-6-3-2-5-14(15)16-7-4-9-17-16/h11,14-18H,2-10H2,1H3. The minimum Gasteiger partial charge on any atom is -0.314 e. The average molecular weight is 293 g/mol. The van der Waals surface area contributed by atoms with Gasteiger partial charge in [0.05, 0.1) is 10.7 Å². The number of rotatable bonds is 5. The van der Waals surface area contributed by atoms with E-state index in [0.29, 0.717) is 0 Å². The van der Waals surface area contributed by atoms with Crippen LogP contribution in [-0.4, -0.2) is 30.2 Å². The third kappa shape index (κ3) is 3.60. The molecule has 2 heterocycles. The van der Waals surface area contributed by atoms with Gasteiger partial charge in [-0.3, -0.25) is 0 Å². The number of thiazole rings is 1. The smallest absolute Gasteiger partial charge is 0.0897 e. The second-order valence-electron chi connectivity index (χ2n) is 6.32. The number of hydrogen-bond donors (Lipinski definition) is 2. The molecule has 0 spiro atoms. The van der Waals surface area contributed by atoms with Crippen LogP contribution in [0.3, 0.4) is 0 Å². The van der Waals surface area contributed by atoms with Crippen LogP contribution in [0.2, 0.25) is 0 Å². The molecule has 1 saturated carbocycles. The van der Waals surface area contributed by atoms with Gasteiger partial charge in [0.15, 0.2) is 0 Å². The normalized spacial score (nSPS) is 30.8. The minimum absolute atomic E-state index is 0.721. The van der Waals surface area contributed by atoms with Crippen molar-refractivity contribution in [3.63, 3.8) is 0 Å². The van der Waals surface area contributed by atoms with Crippen LogP contribution in [0.5, 0.6) is 0 Å². The molecule has 3 rings (SSSR count). The fourth-order valence-electron chi connectivity index (χ4n) is 3.88. The average Bonchev–Trinajstić information content (AvgIpc) is 3.11. The van der Waals surface area contributed by atoms with Gasteiger partial charge in [-0.15, -0.1) is 11.3 Å². The lowest BCUT2D eigenvalue weighted by atomic mass is 9.79. The highest BCUT2D eigenvalue weighted by molar-refractivity contribution is 7.09. The molecule has 112 valence electrons. The maximum absolute atomic E-state index is 4.56. The SMILES string of the molecule is Cc1nc(CCNC2CCCCC2C2CCCN2)cs1. The molecule has 2 N–H and O–H groups in total. The topological polar surface area (TPSA) is 37.0 Å². The Labute approximate surface area is 126 Å². The lowest BCUT2D eigenvalue weighted by molar-refractivity contribution is 0.215. The molecule has 1 aromatic heterocycles. The largest absolute Gasteiger partial charge is 0.314 e. The summed E-state index contributed by atoms with van der Waals surface area (Å²) >= 11 is 1.76. The summed E-state index contributed by atoms with van der Waals surface area (Å²) < 4.78 is 0. The Hall–Kier alpha value is -0.450. The van der Waals surface area contributed by atoms with E-state index in [-0.39, 0.29) is 0 Å². The van der Waals surface area contributed by atoms with Crippen LogP contribution in [0.1, 0.15) is 49.2 Å². The van der Waals surface area contributed by atoms with Crippen molar-refractivity contribution in [2.45, 2.75) is 64.0 Å². The number of aromatic nitrogens is 1. The molecule has 1 aliphatic heterocycles. The molecule has 0 bridgehead atoms. The van der Waals surface area contributed by atoms with Crippen LogP contribution in [0.15, 0.2) is 5.38 Å². The van der Waals surface area contributed by atoms with E-state index in [1.807, 2.05) is 0 Å². The monoisotopic (exact) mass is 293 g/mol. The Morgan fingerprint density at radius 1 is 1.30 bits per heavy atom. The Kier molecular flexibility index (Phi) is 5.08. The molecule has 2 fully saturated rings. The van der Waals surface area contributed by atoms with Crippen molar-refractivity contribution in [2.75, 3.05) is 13.1 Å². The molecular formula is C16H27N3S. The lowest BCUT2D eigenvalue weighted by Crippen LogP contribution is -2.47. The highest BCUT2D eigenvalue weighted by Crippen LogP contribution is 2.30. The van der Waals surface area contributed by atoms with Crippen molar-refractivity contribution in [1.82, 2.24) is 15.6 Å². The molecule has 1 saturated heterocycles. The second kappa shape index (κ2) is 7.01. The summed E-state index contributed by atoms with van der Waals surface area (Å²) in [7, 11) is 0. The van der Waals surface area contributed by atoms with Gasteiger partial charge in [0.2, 0.25) is 0 Å². The molecule has 0 aromatic carbocycles. The maximum Gasteiger partial charge on any atom is 0.0897 e. The number of nitrogens with one attached hydrogen (secondary N) is 2. The molecule has 0 radical (unpaired) electrons. The highest BCUT2D eigenvalue weighted by atomic mass is 32.1. The van der Waals surface area contributed by atoms with E-state index < -0.39 is 0 Å². The number of hydrogen-bond acceptors (Lipinski definition) is 4. The zero-order valence-corrected chi connectivity index (χ0v) is 13.3. The van der Waals surface area contributed by atoms with Crippen LogP contribution in [-0.2, 0) is 6.42 Å². The Morgan fingerprint density at radius 3 is 2.95 bits per heavy atom. The molecule has 0 amide bonds. The zero-order chi connectivity index (χ0) is 13.8. The first-order valence-electron chi connectivity index (χ1n) is 8.21. The molecular weight excluding hydrogens is 266 g/mol. The molecule has 1 aliphatic carbocycles. The molecule has 1 aromatic rings. The molecule has 4 heteroatoms. The predicted octanol–water partition coefficient (Wildman–Crippen LogP) is 2.89. The number of aryl methyl sites for hydroxylation is 1. The van der Waals surface area contributed by atoms with Crippen LogP contribution in [0, 0.1) is 12.8 Å². The van der Waals surface area contributed by atoms with E-state index in [2.05, 4.69) is 27.9 Å². The summed E-state index contributed by atoms with van der Waals surface area (Å²) in [5, 5.41) is 10.9. The summed E-state index contributed by atoms with van der Waals surface area (Å²) in [5.74, 6) is 0.850. The third-order valence-electron chi connectivity index (χ3n) is 4.89. The van der Waals surface area contributed by atoms with Gasteiger partial charge >= 0.3 is 0 Å². The van der Waals surface area contributed by atoms with Gasteiger partial charge < -0.3 is 10.6 Å². The van der Waals surface area contributed by atoms with Gasteiger partial charge in [0.1, 0.15) is 0 Å². The Morgan fingerprint density at radius 2 is 2.20 bits per heavy atom. The van der Waals surface area contributed by atoms with Gasteiger partial charge in [0.25, 0.3) is 0 Å². The molecule has 3 nitrogen and oxygen atoms in total. The summed E-state index contributed by atoms with van der Waals surface area (Å²) in [4.78, 5) is 4.56. The fraction of sp³-hybridized carbons (Fsp3) is 0.812. The fourth-order valence-corrected chi connectivity index (χ4v) is 4.53. The Balaban J connectivity index is 1.49. The van der Waals surface area contributed by atoms with Crippen molar-refractivity contribution in [3.8, 4) is 0 Å². The molecule has 3 unspecified atom stereocenters. The molecule has 3 atom stereocenters. The molecule has 20 heavy (non-hydrogen) atoms. The minimum atomic E-state index is 0.721. The van der Waals surface area contributed by atoms with Crippen molar-refractivity contribution in [3.05, 3.63) is 16.1 Å². The second-order valence-corrected chi connectivity index (χ2v) is 7.38. The Bertz CT molecular complexity index is 412. The number of nitrogens with zero attached hydrogens (tertiary/aromatic N) is 1. The third-order valence-corrected chi connectivity index (χ3v) is 5.71. The first-order valence-corrected chi connectivity index (χ1v) is 9.08. The quantitative estimate of drug-likeness (QED) is 0.876. The summed E-state index contributed by atoms with van der Waals surface area (Å²) in [5.41, 5.74) is 1.26. The van der Waals surface area contributed by atoms with Gasteiger partial charge in [0, 0.05) is 30.4 Å². The van der Waals surface area contributed by atoms with E-state index in [4.69, 9.17) is 0 Å². The van der Waals surface area contributed by atoms with Crippen LogP contribution in [0.25, 0.3) is 0 Å². The van der Waals surface area contributed by atoms with Crippen LogP contribution in [0.4, 0.5) is 0 Å². The van der Waals surface area contributed by atoms with E-state index in [9.17, 15) is 0 Å². The van der Waals surface area contributed by atoms with Gasteiger partial charge in [-0.05, 0) is 45.1 Å². The lowest BCUT2D eigenvalue weighted by Gasteiger charge is -2.36. The predicted molar refractivity (Wildman–Crippen MR) is 85.3 cm³/mol. The van der Waals surface area contributed by atoms with Crippen molar-refractivity contribution in [2.24, 2.45) is 5.92 Å². The van der Waals surface area contributed by atoms with E-state index in [1.54, 1.807) is 11.3 Å². The first kappa shape index (κ1) is 14.5. The zero-order valence-electron chi connectivity index (χ0n) is 12.5. The van der Waals surface area contributed by atoms with E-state index in [1.165, 1.54) is 55.8 Å². The highest BCUT2D eigenvalue weighted by Gasteiger charge is 2.32. The summed E-state index contributed by atoms with van der Waals surface area (Å²) in [6, 6.07) is 1.49. The van der Waals surface area contributed by atoms with Crippen molar-refractivity contribution < 1.29 is 0 Å².